The molecule has 1 heterocycles. The zero-order chi connectivity index (χ0) is 12.8. The predicted octanol–water partition coefficient (Wildman–Crippen LogP) is -0.0152. The fourth-order valence-electron chi connectivity index (χ4n) is 1.51. The van der Waals surface area contributed by atoms with Crippen molar-refractivity contribution in [1.29, 1.82) is 0 Å². The highest BCUT2D eigenvalue weighted by atomic mass is 16.5. The van der Waals surface area contributed by atoms with Crippen LogP contribution in [0.25, 0.3) is 0 Å². The molecule has 6 nitrogen and oxygen atoms in total. The summed E-state index contributed by atoms with van der Waals surface area (Å²) in [5, 5.41) is 4.17. The summed E-state index contributed by atoms with van der Waals surface area (Å²) < 4.78 is 6.82. The SMILES string of the molecule is COc1cnn(CCN(C)C)c1C(=O)CCN. The maximum atomic E-state index is 11.9. The van der Waals surface area contributed by atoms with Crippen molar-refractivity contribution in [3.63, 3.8) is 0 Å². The van der Waals surface area contributed by atoms with Crippen LogP contribution in [0.2, 0.25) is 0 Å². The Kier molecular flexibility index (Phi) is 5.11. The molecule has 0 aliphatic rings. The molecule has 1 aromatic heterocycles. The lowest BCUT2D eigenvalue weighted by molar-refractivity contribution is 0.0971. The maximum absolute atomic E-state index is 11.9. The number of ketones is 1. The number of hydrogen-bond acceptors (Lipinski definition) is 5. The van der Waals surface area contributed by atoms with Gasteiger partial charge in [0.2, 0.25) is 0 Å². The molecule has 1 rings (SSSR count). The van der Waals surface area contributed by atoms with Crippen molar-refractivity contribution >= 4 is 5.78 Å². The average Bonchev–Trinajstić information content (AvgIpc) is 2.69. The number of likely N-dealkylation sites (N-methyl/N-ethyl adjacent to an activating group) is 1. The maximum Gasteiger partial charge on any atom is 0.185 e. The van der Waals surface area contributed by atoms with Crippen molar-refractivity contribution in [3.05, 3.63) is 11.9 Å². The lowest BCUT2D eigenvalue weighted by Crippen LogP contribution is -2.22. The molecule has 0 amide bonds. The largest absolute Gasteiger partial charge is 0.493 e. The zero-order valence-electron chi connectivity index (χ0n) is 10.6. The molecule has 0 bridgehead atoms. The van der Waals surface area contributed by atoms with E-state index >= 15 is 0 Å². The van der Waals surface area contributed by atoms with E-state index in [1.54, 1.807) is 10.9 Å². The van der Waals surface area contributed by atoms with E-state index in [0.717, 1.165) is 6.54 Å². The van der Waals surface area contributed by atoms with Gasteiger partial charge in [0, 0.05) is 13.0 Å². The molecule has 2 N–H and O–H groups in total. The van der Waals surface area contributed by atoms with Crippen LogP contribution in [0.5, 0.6) is 5.75 Å². The molecular weight excluding hydrogens is 220 g/mol. The molecule has 0 atom stereocenters. The normalized spacial score (nSPS) is 10.9. The molecule has 0 aromatic carbocycles. The number of Topliss-reactive ketones (excluding diaryl/α,β-unsaturated/α-hetero) is 1. The first kappa shape index (κ1) is 13.7. The summed E-state index contributed by atoms with van der Waals surface area (Å²) in [5.74, 6) is 0.489. The van der Waals surface area contributed by atoms with E-state index in [4.69, 9.17) is 10.5 Å². The third-order valence-corrected chi connectivity index (χ3v) is 2.42. The number of hydrogen-bond donors (Lipinski definition) is 1. The molecule has 0 spiro atoms. The van der Waals surface area contributed by atoms with Gasteiger partial charge in [-0.1, -0.05) is 0 Å². The van der Waals surface area contributed by atoms with Crippen molar-refractivity contribution in [1.82, 2.24) is 14.7 Å². The van der Waals surface area contributed by atoms with Gasteiger partial charge in [0.15, 0.2) is 11.5 Å². The lowest BCUT2D eigenvalue weighted by Gasteiger charge is -2.11. The number of rotatable bonds is 7. The lowest BCUT2D eigenvalue weighted by atomic mass is 10.2. The van der Waals surface area contributed by atoms with Gasteiger partial charge < -0.3 is 15.4 Å². The monoisotopic (exact) mass is 240 g/mol. The smallest absolute Gasteiger partial charge is 0.185 e. The highest BCUT2D eigenvalue weighted by molar-refractivity contribution is 5.97. The van der Waals surface area contributed by atoms with Crippen LogP contribution in [0.1, 0.15) is 16.9 Å². The average molecular weight is 240 g/mol. The van der Waals surface area contributed by atoms with Gasteiger partial charge in [0.25, 0.3) is 0 Å². The van der Waals surface area contributed by atoms with Gasteiger partial charge >= 0.3 is 0 Å². The van der Waals surface area contributed by atoms with Gasteiger partial charge in [-0.2, -0.15) is 5.10 Å². The van der Waals surface area contributed by atoms with Crippen molar-refractivity contribution in [2.45, 2.75) is 13.0 Å². The highest BCUT2D eigenvalue weighted by Gasteiger charge is 2.18. The van der Waals surface area contributed by atoms with Crippen LogP contribution >= 0.6 is 0 Å². The third kappa shape index (κ3) is 3.54. The Morgan fingerprint density at radius 1 is 1.59 bits per heavy atom. The van der Waals surface area contributed by atoms with E-state index in [0.29, 0.717) is 31.0 Å². The molecule has 17 heavy (non-hydrogen) atoms. The molecule has 0 fully saturated rings. The minimum absolute atomic E-state index is 0.0272. The van der Waals surface area contributed by atoms with Crippen LogP contribution in [-0.2, 0) is 6.54 Å². The van der Waals surface area contributed by atoms with Gasteiger partial charge in [-0.15, -0.1) is 0 Å². The fourth-order valence-corrected chi connectivity index (χ4v) is 1.51. The molecule has 1 aromatic rings. The molecule has 0 aliphatic heterocycles. The molecule has 0 saturated heterocycles. The first-order valence-corrected chi connectivity index (χ1v) is 5.58. The number of aromatic nitrogens is 2. The Bertz CT molecular complexity index is 374. The summed E-state index contributed by atoms with van der Waals surface area (Å²) in [4.78, 5) is 13.9. The second-order valence-electron chi connectivity index (χ2n) is 4.05. The van der Waals surface area contributed by atoms with Crippen molar-refractivity contribution < 1.29 is 9.53 Å². The topological polar surface area (TPSA) is 73.4 Å². The quantitative estimate of drug-likeness (QED) is 0.678. The standard InChI is InChI=1S/C11H20N4O2/c1-14(2)6-7-15-11(9(16)4-5-12)10(17-3)8-13-15/h8H,4-7,12H2,1-3H3. The molecule has 0 radical (unpaired) electrons. The van der Waals surface area contributed by atoms with Crippen molar-refractivity contribution in [3.8, 4) is 5.75 Å². The van der Waals surface area contributed by atoms with E-state index in [1.807, 2.05) is 19.0 Å². The van der Waals surface area contributed by atoms with Crippen LogP contribution in [0.15, 0.2) is 6.20 Å². The van der Waals surface area contributed by atoms with E-state index in [-0.39, 0.29) is 5.78 Å². The highest BCUT2D eigenvalue weighted by Crippen LogP contribution is 2.19. The van der Waals surface area contributed by atoms with E-state index in [1.165, 1.54) is 7.11 Å². The number of carbonyl (C=O) groups is 1. The number of nitrogens with two attached hydrogens (primary N) is 1. The predicted molar refractivity (Wildman–Crippen MR) is 65.3 cm³/mol. The fraction of sp³-hybridized carbons (Fsp3) is 0.636. The first-order chi connectivity index (χ1) is 8.10. The minimum Gasteiger partial charge on any atom is -0.493 e. The molecule has 6 heteroatoms. The van der Waals surface area contributed by atoms with Crippen molar-refractivity contribution in [2.75, 3.05) is 34.3 Å². The van der Waals surface area contributed by atoms with Gasteiger partial charge in [-0.3, -0.25) is 9.48 Å². The Morgan fingerprint density at radius 3 is 2.82 bits per heavy atom. The Balaban J connectivity index is 2.89. The molecule has 0 aliphatic carbocycles. The summed E-state index contributed by atoms with van der Waals surface area (Å²) >= 11 is 0. The first-order valence-electron chi connectivity index (χ1n) is 5.58. The van der Waals surface area contributed by atoms with E-state index < -0.39 is 0 Å². The Labute approximate surface area is 101 Å². The van der Waals surface area contributed by atoms with Crippen LogP contribution in [0.4, 0.5) is 0 Å². The molecular formula is C11H20N4O2. The summed E-state index contributed by atoms with van der Waals surface area (Å²) in [6, 6.07) is 0. The zero-order valence-corrected chi connectivity index (χ0v) is 10.6. The van der Waals surface area contributed by atoms with Crippen LogP contribution in [0, 0.1) is 0 Å². The molecule has 0 saturated carbocycles. The second kappa shape index (κ2) is 6.36. The number of methoxy groups -OCH3 is 1. The second-order valence-corrected chi connectivity index (χ2v) is 4.05. The van der Waals surface area contributed by atoms with E-state index in [9.17, 15) is 4.79 Å². The molecule has 96 valence electrons. The van der Waals surface area contributed by atoms with Crippen molar-refractivity contribution in [2.24, 2.45) is 5.73 Å². The summed E-state index contributed by atoms with van der Waals surface area (Å²) in [6.45, 7) is 1.80. The summed E-state index contributed by atoms with van der Waals surface area (Å²) in [5.41, 5.74) is 5.91. The summed E-state index contributed by atoms with van der Waals surface area (Å²) in [6.07, 6.45) is 1.88. The summed E-state index contributed by atoms with van der Waals surface area (Å²) in [7, 11) is 5.48. The van der Waals surface area contributed by atoms with Gasteiger partial charge in [0.1, 0.15) is 5.69 Å². The van der Waals surface area contributed by atoms with Gasteiger partial charge in [-0.05, 0) is 20.6 Å². The number of carbonyl (C=O) groups excluding carboxylic acids is 1. The van der Waals surface area contributed by atoms with E-state index in [2.05, 4.69) is 5.10 Å². The van der Waals surface area contributed by atoms with Crippen LogP contribution in [0.3, 0.4) is 0 Å². The number of ether oxygens (including phenoxy) is 1. The van der Waals surface area contributed by atoms with Gasteiger partial charge in [-0.25, -0.2) is 0 Å². The molecule has 0 unspecified atom stereocenters. The number of nitrogens with zero attached hydrogens (tertiary/aromatic N) is 3. The minimum atomic E-state index is -0.0272. The third-order valence-electron chi connectivity index (χ3n) is 2.42. The Hall–Kier alpha value is -1.40. The van der Waals surface area contributed by atoms with Crippen LogP contribution < -0.4 is 10.5 Å². The van der Waals surface area contributed by atoms with Gasteiger partial charge in [0.05, 0.1) is 19.9 Å². The Morgan fingerprint density at radius 2 is 2.29 bits per heavy atom. The van der Waals surface area contributed by atoms with Crippen LogP contribution in [-0.4, -0.2) is 54.8 Å².